The van der Waals surface area contributed by atoms with E-state index in [0.29, 0.717) is 12.3 Å². The number of para-hydroxylation sites is 1. The van der Waals surface area contributed by atoms with E-state index in [1.54, 1.807) is 41.5 Å². The van der Waals surface area contributed by atoms with E-state index in [4.69, 9.17) is 13.9 Å². The smallest absolute Gasteiger partial charge is 0.408 e. The topological polar surface area (TPSA) is 103 Å². The van der Waals surface area contributed by atoms with Gasteiger partial charge in [-0.25, -0.2) is 9.59 Å². The Morgan fingerprint density at radius 3 is 1.97 bits per heavy atom. The molecule has 2 N–H and O–H groups in total. The maximum Gasteiger partial charge on any atom is 0.408 e. The van der Waals surface area contributed by atoms with Crippen LogP contribution in [-0.4, -0.2) is 43.5 Å². The van der Waals surface area contributed by atoms with Crippen molar-refractivity contribution in [3.05, 3.63) is 29.8 Å². The lowest BCUT2D eigenvalue weighted by atomic mass is 10.1. The lowest BCUT2D eigenvalue weighted by Gasteiger charge is -2.36. The molecular weight excluding hydrogens is 476 g/mol. The van der Waals surface area contributed by atoms with Crippen LogP contribution in [-0.2, 0) is 30.1 Å². The second-order valence-corrected chi connectivity index (χ2v) is 17.3. The number of carbonyl (C=O) groups excluding carboxylic acids is 3. The molecule has 1 atom stereocenters. The van der Waals surface area contributed by atoms with Gasteiger partial charge in [0.1, 0.15) is 17.2 Å². The molecule has 0 aliphatic carbocycles. The van der Waals surface area contributed by atoms with Gasteiger partial charge in [-0.3, -0.25) is 4.79 Å². The third-order valence-corrected chi connectivity index (χ3v) is 10.2. The van der Waals surface area contributed by atoms with Crippen LogP contribution < -0.4 is 10.6 Å². The fourth-order valence-electron chi connectivity index (χ4n) is 2.80. The van der Waals surface area contributed by atoms with Crippen LogP contribution in [0.3, 0.4) is 0 Å². The van der Waals surface area contributed by atoms with Gasteiger partial charge in [0, 0.05) is 12.1 Å². The molecule has 0 radical (unpaired) electrons. The highest BCUT2D eigenvalue weighted by molar-refractivity contribution is 6.74. The summed E-state index contributed by atoms with van der Waals surface area (Å²) in [5, 5.41) is 5.54. The minimum atomic E-state index is -1.96. The number of hydrogen-bond acceptors (Lipinski definition) is 6. The van der Waals surface area contributed by atoms with E-state index in [9.17, 15) is 14.4 Å². The average molecular weight is 523 g/mol. The summed E-state index contributed by atoms with van der Waals surface area (Å²) in [6.45, 7) is 21.7. The van der Waals surface area contributed by atoms with E-state index in [2.05, 4.69) is 44.5 Å². The van der Waals surface area contributed by atoms with Crippen molar-refractivity contribution in [2.24, 2.45) is 0 Å². The van der Waals surface area contributed by atoms with Gasteiger partial charge in [-0.15, -0.1) is 0 Å². The molecule has 0 fully saturated rings. The van der Waals surface area contributed by atoms with Crippen LogP contribution in [0, 0.1) is 0 Å². The van der Waals surface area contributed by atoms with Gasteiger partial charge in [0.2, 0.25) is 5.91 Å². The standard InChI is InChI=1S/C27H46N2O6Si/c1-25(2,3)34-23(31)21(29-24(32)35-26(4,5)6)16-17-22(30)28-20-15-13-12-14-19(20)18-33-36(10,11)27(7,8)9/h12-15,21H,16-18H2,1-11H3,(H,28,30)(H,29,32)/t21-/m0/s1. The molecule has 0 spiro atoms. The van der Waals surface area contributed by atoms with Gasteiger partial charge in [0.05, 0.1) is 6.61 Å². The molecule has 36 heavy (non-hydrogen) atoms. The quantitative estimate of drug-likeness (QED) is 0.297. The van der Waals surface area contributed by atoms with Gasteiger partial charge in [-0.1, -0.05) is 39.0 Å². The zero-order chi connectivity index (χ0) is 27.9. The Kier molecular flexibility index (Phi) is 10.7. The SMILES string of the molecule is CC(C)(C)OC(=O)N[C@@H](CCC(=O)Nc1ccccc1CO[Si](C)(C)C(C)(C)C)C(=O)OC(C)(C)C. The number of esters is 1. The molecule has 204 valence electrons. The molecule has 2 amide bonds. The predicted molar refractivity (Wildman–Crippen MR) is 145 cm³/mol. The van der Waals surface area contributed by atoms with Gasteiger partial charge in [-0.05, 0) is 77.7 Å². The molecule has 0 saturated carbocycles. The molecule has 0 aliphatic rings. The number of ether oxygens (including phenoxy) is 2. The summed E-state index contributed by atoms with van der Waals surface area (Å²) in [5.41, 5.74) is 0.0771. The first kappa shape index (κ1) is 31.6. The summed E-state index contributed by atoms with van der Waals surface area (Å²) in [4.78, 5) is 37.8. The van der Waals surface area contributed by atoms with E-state index >= 15 is 0 Å². The molecule has 0 unspecified atom stereocenters. The highest BCUT2D eigenvalue weighted by Crippen LogP contribution is 2.37. The molecule has 8 nitrogen and oxygen atoms in total. The molecular formula is C27H46N2O6Si. The number of nitrogens with one attached hydrogen (secondary N) is 2. The van der Waals surface area contributed by atoms with Crippen molar-refractivity contribution in [3.63, 3.8) is 0 Å². The summed E-state index contributed by atoms with van der Waals surface area (Å²) in [6.07, 6.45) is -0.688. The molecule has 0 bridgehead atoms. The zero-order valence-corrected chi connectivity index (χ0v) is 25.0. The molecule has 0 saturated heterocycles. The van der Waals surface area contributed by atoms with E-state index in [0.717, 1.165) is 5.56 Å². The largest absolute Gasteiger partial charge is 0.458 e. The third kappa shape index (κ3) is 11.6. The van der Waals surface area contributed by atoms with Crippen molar-refractivity contribution in [1.82, 2.24) is 5.32 Å². The van der Waals surface area contributed by atoms with Crippen molar-refractivity contribution in [3.8, 4) is 0 Å². The highest BCUT2D eigenvalue weighted by atomic mass is 28.4. The van der Waals surface area contributed by atoms with Crippen molar-refractivity contribution >= 4 is 32.0 Å². The number of benzene rings is 1. The van der Waals surface area contributed by atoms with E-state index < -0.39 is 37.6 Å². The van der Waals surface area contributed by atoms with Crippen molar-refractivity contribution in [2.45, 2.75) is 117 Å². The number of carbonyl (C=O) groups is 3. The van der Waals surface area contributed by atoms with Crippen LogP contribution in [0.1, 0.15) is 80.7 Å². The second kappa shape index (κ2) is 12.2. The molecule has 0 aliphatic heterocycles. The van der Waals surface area contributed by atoms with Crippen LogP contribution in [0.5, 0.6) is 0 Å². The number of anilines is 1. The van der Waals surface area contributed by atoms with Crippen molar-refractivity contribution in [1.29, 1.82) is 0 Å². The van der Waals surface area contributed by atoms with Gasteiger partial charge in [-0.2, -0.15) is 0 Å². The van der Waals surface area contributed by atoms with Gasteiger partial charge in [0.15, 0.2) is 8.32 Å². The second-order valence-electron chi connectivity index (χ2n) is 12.5. The Bertz CT molecular complexity index is 910. The minimum absolute atomic E-state index is 0.00284. The molecule has 0 heterocycles. The lowest BCUT2D eigenvalue weighted by Crippen LogP contribution is -2.46. The Labute approximate surface area is 218 Å². The van der Waals surface area contributed by atoms with Crippen molar-refractivity contribution < 1.29 is 28.3 Å². The van der Waals surface area contributed by atoms with Gasteiger partial charge >= 0.3 is 12.1 Å². The lowest BCUT2D eigenvalue weighted by molar-refractivity contribution is -0.157. The maximum atomic E-state index is 12.8. The van der Waals surface area contributed by atoms with Crippen LogP contribution in [0.25, 0.3) is 0 Å². The number of hydrogen-bond donors (Lipinski definition) is 2. The third-order valence-electron chi connectivity index (χ3n) is 5.73. The van der Waals surface area contributed by atoms with Gasteiger partial charge < -0.3 is 24.5 Å². The molecule has 0 aromatic heterocycles. The number of alkyl carbamates (subject to hydrolysis) is 1. The van der Waals surface area contributed by atoms with E-state index in [1.165, 1.54) is 0 Å². The first-order valence-corrected chi connectivity index (χ1v) is 15.3. The number of rotatable bonds is 9. The molecule has 9 heteroatoms. The molecule has 1 aromatic carbocycles. The van der Waals surface area contributed by atoms with Crippen LogP contribution in [0.15, 0.2) is 24.3 Å². The Morgan fingerprint density at radius 2 is 1.44 bits per heavy atom. The van der Waals surface area contributed by atoms with Crippen molar-refractivity contribution in [2.75, 3.05) is 5.32 Å². The first-order valence-electron chi connectivity index (χ1n) is 12.4. The van der Waals surface area contributed by atoms with Gasteiger partial charge in [0.25, 0.3) is 0 Å². The van der Waals surface area contributed by atoms with E-state index in [1.807, 2.05) is 24.3 Å². The summed E-state index contributed by atoms with van der Waals surface area (Å²) < 4.78 is 17.0. The maximum absolute atomic E-state index is 12.8. The summed E-state index contributed by atoms with van der Waals surface area (Å²) in [6, 6.07) is 6.48. The van der Waals surface area contributed by atoms with Crippen LogP contribution >= 0.6 is 0 Å². The fourth-order valence-corrected chi connectivity index (χ4v) is 3.75. The predicted octanol–water partition coefficient (Wildman–Crippen LogP) is 6.16. The minimum Gasteiger partial charge on any atom is -0.458 e. The fraction of sp³-hybridized carbons (Fsp3) is 0.667. The zero-order valence-electron chi connectivity index (χ0n) is 24.0. The summed E-state index contributed by atoms with van der Waals surface area (Å²) in [5.74, 6) is -0.904. The molecule has 1 rings (SSSR count). The summed E-state index contributed by atoms with van der Waals surface area (Å²) >= 11 is 0. The first-order chi connectivity index (χ1) is 16.2. The van der Waals surface area contributed by atoms with Crippen LogP contribution in [0.4, 0.5) is 10.5 Å². The Balaban J connectivity index is 2.88. The Hall–Kier alpha value is -2.39. The monoisotopic (exact) mass is 522 g/mol. The molecule has 1 aromatic rings. The highest BCUT2D eigenvalue weighted by Gasteiger charge is 2.37. The Morgan fingerprint density at radius 1 is 0.889 bits per heavy atom. The summed E-state index contributed by atoms with van der Waals surface area (Å²) in [7, 11) is -1.96. The average Bonchev–Trinajstić information content (AvgIpc) is 2.66. The van der Waals surface area contributed by atoms with E-state index in [-0.39, 0.29) is 23.8 Å². The number of amides is 2. The normalized spacial score (nSPS) is 13.5. The van der Waals surface area contributed by atoms with Crippen LogP contribution in [0.2, 0.25) is 18.1 Å².